The molecular weight excluding hydrogens is 342 g/mol. The van der Waals surface area contributed by atoms with Crippen LogP contribution in [-0.4, -0.2) is 35.9 Å². The van der Waals surface area contributed by atoms with Gasteiger partial charge in [0.1, 0.15) is 4.88 Å². The summed E-state index contributed by atoms with van der Waals surface area (Å²) in [6.07, 6.45) is 1.64. The van der Waals surface area contributed by atoms with E-state index < -0.39 is 11.9 Å². The third-order valence-electron chi connectivity index (χ3n) is 3.37. The zero-order valence-corrected chi connectivity index (χ0v) is 14.4. The fourth-order valence-electron chi connectivity index (χ4n) is 2.16. The molecule has 0 aliphatic heterocycles. The number of hydrogen-bond donors (Lipinski definition) is 1. The molecule has 3 rings (SSSR count). The molecule has 25 heavy (non-hydrogen) atoms. The van der Waals surface area contributed by atoms with Crippen molar-refractivity contribution >= 4 is 28.2 Å². The molecule has 0 bridgehead atoms. The Morgan fingerprint density at radius 2 is 1.88 bits per heavy atom. The summed E-state index contributed by atoms with van der Waals surface area (Å²) in [7, 11) is 2.78. The van der Waals surface area contributed by atoms with Crippen molar-refractivity contribution in [1.29, 1.82) is 0 Å². The molecule has 1 N–H and O–H groups in total. The largest absolute Gasteiger partial charge is 0.493 e. The number of aromatic nitrogens is 2. The Kier molecular flexibility index (Phi) is 4.80. The number of ether oxygens (including phenoxy) is 2. The molecular formula is C17H15N3O4S. The second-order valence-electron chi connectivity index (χ2n) is 4.94. The number of rotatable bonds is 5. The molecule has 7 nitrogen and oxygen atoms in total. The van der Waals surface area contributed by atoms with Gasteiger partial charge >= 0.3 is 5.97 Å². The van der Waals surface area contributed by atoms with E-state index in [2.05, 4.69) is 15.2 Å². The van der Waals surface area contributed by atoms with Crippen LogP contribution in [0.2, 0.25) is 0 Å². The van der Waals surface area contributed by atoms with E-state index in [4.69, 9.17) is 4.74 Å². The Hall–Kier alpha value is -3.13. The lowest BCUT2D eigenvalue weighted by atomic mass is 10.3. The molecule has 0 aliphatic carbocycles. The SMILES string of the molecule is COC(=O)c1ccc(NC(=O)c2nn(-c3ccccc3)cc2OC)s1. The zero-order chi connectivity index (χ0) is 17.8. The maximum Gasteiger partial charge on any atom is 0.348 e. The molecule has 0 saturated carbocycles. The van der Waals surface area contributed by atoms with Crippen molar-refractivity contribution in [2.75, 3.05) is 19.5 Å². The van der Waals surface area contributed by atoms with Crippen LogP contribution in [0.5, 0.6) is 5.75 Å². The van der Waals surface area contributed by atoms with Crippen LogP contribution < -0.4 is 10.1 Å². The number of methoxy groups -OCH3 is 2. The molecule has 1 amide bonds. The van der Waals surface area contributed by atoms with Gasteiger partial charge in [-0.25, -0.2) is 9.48 Å². The minimum absolute atomic E-state index is 0.152. The van der Waals surface area contributed by atoms with Crippen molar-refractivity contribution < 1.29 is 19.1 Å². The first kappa shape index (κ1) is 16.7. The van der Waals surface area contributed by atoms with Crippen LogP contribution in [-0.2, 0) is 4.74 Å². The predicted molar refractivity (Wildman–Crippen MR) is 93.7 cm³/mol. The van der Waals surface area contributed by atoms with E-state index in [1.807, 2.05) is 30.3 Å². The third-order valence-corrected chi connectivity index (χ3v) is 4.35. The molecule has 2 heterocycles. The number of anilines is 1. The monoisotopic (exact) mass is 357 g/mol. The van der Waals surface area contributed by atoms with Crippen molar-refractivity contribution in [3.8, 4) is 11.4 Å². The predicted octanol–water partition coefficient (Wildman–Crippen LogP) is 2.98. The second kappa shape index (κ2) is 7.18. The molecule has 2 aromatic heterocycles. The van der Waals surface area contributed by atoms with E-state index in [0.29, 0.717) is 15.6 Å². The molecule has 1 aromatic carbocycles. The van der Waals surface area contributed by atoms with Crippen molar-refractivity contribution in [1.82, 2.24) is 9.78 Å². The molecule has 0 fully saturated rings. The first-order valence-electron chi connectivity index (χ1n) is 7.31. The molecule has 0 radical (unpaired) electrons. The Morgan fingerprint density at radius 3 is 2.56 bits per heavy atom. The Morgan fingerprint density at radius 1 is 1.12 bits per heavy atom. The van der Waals surface area contributed by atoms with E-state index in [-0.39, 0.29) is 5.69 Å². The van der Waals surface area contributed by atoms with E-state index in [0.717, 1.165) is 17.0 Å². The highest BCUT2D eigenvalue weighted by Gasteiger charge is 2.20. The maximum absolute atomic E-state index is 12.5. The smallest absolute Gasteiger partial charge is 0.348 e. The van der Waals surface area contributed by atoms with Crippen LogP contribution in [0.25, 0.3) is 5.69 Å². The normalized spacial score (nSPS) is 10.3. The Labute approximate surface area is 147 Å². The number of hydrogen-bond acceptors (Lipinski definition) is 6. The van der Waals surface area contributed by atoms with E-state index in [1.54, 1.807) is 23.0 Å². The highest BCUT2D eigenvalue weighted by Crippen LogP contribution is 2.25. The standard InChI is InChI=1S/C17H15N3O4S/c1-23-12-10-20(11-6-4-3-5-7-11)19-15(12)16(21)18-14-9-8-13(25-14)17(22)24-2/h3-10H,1-2H3,(H,18,21). The summed E-state index contributed by atoms with van der Waals surface area (Å²) in [4.78, 5) is 24.4. The van der Waals surface area contributed by atoms with Gasteiger partial charge in [-0.05, 0) is 24.3 Å². The fourth-order valence-corrected chi connectivity index (χ4v) is 2.98. The third kappa shape index (κ3) is 3.53. The molecule has 0 saturated heterocycles. The average Bonchev–Trinajstić information content (AvgIpc) is 3.28. The summed E-state index contributed by atoms with van der Waals surface area (Å²) in [5, 5.41) is 7.53. The summed E-state index contributed by atoms with van der Waals surface area (Å²) in [6.45, 7) is 0. The zero-order valence-electron chi connectivity index (χ0n) is 13.6. The topological polar surface area (TPSA) is 82.5 Å². The number of carbonyl (C=O) groups excluding carboxylic acids is 2. The van der Waals surface area contributed by atoms with Crippen LogP contribution in [0.3, 0.4) is 0 Å². The minimum Gasteiger partial charge on any atom is -0.493 e. The number of nitrogens with one attached hydrogen (secondary N) is 1. The van der Waals surface area contributed by atoms with Crippen LogP contribution in [0.1, 0.15) is 20.2 Å². The van der Waals surface area contributed by atoms with Gasteiger partial charge in [0.2, 0.25) is 0 Å². The van der Waals surface area contributed by atoms with Gasteiger partial charge in [0.05, 0.1) is 31.1 Å². The molecule has 128 valence electrons. The van der Waals surface area contributed by atoms with Crippen molar-refractivity contribution in [2.45, 2.75) is 0 Å². The van der Waals surface area contributed by atoms with Crippen LogP contribution >= 0.6 is 11.3 Å². The summed E-state index contributed by atoms with van der Waals surface area (Å²) >= 11 is 1.12. The van der Waals surface area contributed by atoms with Gasteiger partial charge in [-0.15, -0.1) is 11.3 Å². The van der Waals surface area contributed by atoms with Gasteiger partial charge in [-0.3, -0.25) is 4.79 Å². The number of thiophene rings is 1. The van der Waals surface area contributed by atoms with Gasteiger partial charge in [-0.2, -0.15) is 5.10 Å². The molecule has 0 atom stereocenters. The van der Waals surface area contributed by atoms with Gasteiger partial charge in [0.15, 0.2) is 11.4 Å². The first-order valence-corrected chi connectivity index (χ1v) is 8.12. The number of para-hydroxylation sites is 1. The molecule has 3 aromatic rings. The highest BCUT2D eigenvalue weighted by atomic mass is 32.1. The molecule has 0 spiro atoms. The molecule has 8 heteroatoms. The van der Waals surface area contributed by atoms with Gasteiger partial charge in [0, 0.05) is 0 Å². The average molecular weight is 357 g/mol. The highest BCUT2D eigenvalue weighted by molar-refractivity contribution is 7.18. The van der Waals surface area contributed by atoms with Gasteiger partial charge in [0.25, 0.3) is 5.91 Å². The lowest BCUT2D eigenvalue weighted by Crippen LogP contribution is -2.13. The maximum atomic E-state index is 12.5. The summed E-state index contributed by atoms with van der Waals surface area (Å²) in [5.74, 6) is -0.521. The quantitative estimate of drug-likeness (QED) is 0.710. The van der Waals surface area contributed by atoms with Crippen molar-refractivity contribution in [3.05, 3.63) is 59.2 Å². The number of benzene rings is 1. The Bertz CT molecular complexity index is 902. The summed E-state index contributed by atoms with van der Waals surface area (Å²) < 4.78 is 11.5. The number of esters is 1. The lowest BCUT2D eigenvalue weighted by molar-refractivity contribution is 0.0606. The van der Waals surface area contributed by atoms with Crippen LogP contribution in [0, 0.1) is 0 Å². The molecule has 0 unspecified atom stereocenters. The lowest BCUT2D eigenvalue weighted by Gasteiger charge is -2.01. The number of nitrogens with zero attached hydrogens (tertiary/aromatic N) is 2. The number of carbonyl (C=O) groups is 2. The van der Waals surface area contributed by atoms with Crippen LogP contribution in [0.15, 0.2) is 48.7 Å². The first-order chi connectivity index (χ1) is 12.1. The molecule has 0 aliphatic rings. The van der Waals surface area contributed by atoms with E-state index in [1.165, 1.54) is 14.2 Å². The summed E-state index contributed by atoms with van der Waals surface area (Å²) in [6, 6.07) is 12.6. The van der Waals surface area contributed by atoms with Gasteiger partial charge < -0.3 is 14.8 Å². The van der Waals surface area contributed by atoms with E-state index >= 15 is 0 Å². The summed E-state index contributed by atoms with van der Waals surface area (Å²) in [5.41, 5.74) is 0.961. The van der Waals surface area contributed by atoms with E-state index in [9.17, 15) is 9.59 Å². The Balaban J connectivity index is 1.83. The second-order valence-corrected chi connectivity index (χ2v) is 6.02. The van der Waals surface area contributed by atoms with Crippen molar-refractivity contribution in [2.24, 2.45) is 0 Å². The minimum atomic E-state index is -0.448. The fraction of sp³-hybridized carbons (Fsp3) is 0.118. The number of amides is 1. The van der Waals surface area contributed by atoms with Crippen LogP contribution in [0.4, 0.5) is 5.00 Å². The van der Waals surface area contributed by atoms with Crippen molar-refractivity contribution in [3.63, 3.8) is 0 Å². The van der Waals surface area contributed by atoms with Gasteiger partial charge in [-0.1, -0.05) is 18.2 Å².